The van der Waals surface area contributed by atoms with Crippen molar-refractivity contribution in [1.29, 1.82) is 0 Å². The Balaban J connectivity index is 1.84. The second kappa shape index (κ2) is 5.42. The number of hydrogen-bond acceptors (Lipinski definition) is 9. The topological polar surface area (TPSA) is 130 Å². The Morgan fingerprint density at radius 1 is 1.39 bits per heavy atom. The fraction of sp³-hybridized carbons (Fsp3) is 0.583. The first kappa shape index (κ1) is 14.8. The summed E-state index contributed by atoms with van der Waals surface area (Å²) in [6.07, 6.45) is -2.53. The Bertz CT molecular complexity index is 755. The number of nitrogens with zero attached hydrogens (tertiary/aromatic N) is 4. The van der Waals surface area contributed by atoms with Crippen LogP contribution in [-0.4, -0.2) is 63.4 Å². The number of nitrogen functional groups attached to an aromatic ring is 1. The van der Waals surface area contributed by atoms with Gasteiger partial charge in [-0.3, -0.25) is 4.57 Å². The minimum Gasteiger partial charge on any atom is -0.386 e. The van der Waals surface area contributed by atoms with E-state index in [0.29, 0.717) is 23.7 Å². The maximum absolute atomic E-state index is 10.6. The first-order valence-electron chi connectivity index (χ1n) is 7.01. The van der Waals surface area contributed by atoms with Crippen LogP contribution < -0.4 is 11.1 Å². The third-order valence-corrected chi connectivity index (χ3v) is 4.12. The van der Waals surface area contributed by atoms with Crippen molar-refractivity contribution in [3.63, 3.8) is 0 Å². The van der Waals surface area contributed by atoms with E-state index >= 15 is 0 Å². The largest absolute Gasteiger partial charge is 0.386 e. The van der Waals surface area contributed by atoms with Crippen LogP contribution in [0.3, 0.4) is 0 Å². The molecule has 10 nitrogen and oxygen atoms in total. The Morgan fingerprint density at radius 3 is 2.96 bits per heavy atom. The van der Waals surface area contributed by atoms with Gasteiger partial charge in [0.15, 0.2) is 23.2 Å². The molecule has 11 heteroatoms. The fourth-order valence-electron chi connectivity index (χ4n) is 2.95. The number of aliphatic hydroxyl groups is 1. The lowest BCUT2D eigenvalue weighted by Crippen LogP contribution is -2.41. The maximum atomic E-state index is 10.6. The molecule has 0 spiro atoms. The molecule has 0 saturated carbocycles. The molecule has 4 N–H and O–H groups in total. The highest BCUT2D eigenvalue weighted by atomic mass is 35.5. The maximum Gasteiger partial charge on any atom is 0.226 e. The molecule has 2 fully saturated rings. The van der Waals surface area contributed by atoms with Crippen molar-refractivity contribution in [3.8, 4) is 0 Å². The lowest BCUT2D eigenvalue weighted by Gasteiger charge is -2.25. The minimum atomic E-state index is -0.914. The molecule has 0 aliphatic carbocycles. The SMILES string of the molecule is CNc1nc2c(N)nc(Cl)nc2n1[C@@H]1O[C@@H]2COCOC2C1O. The van der Waals surface area contributed by atoms with Crippen LogP contribution in [0.1, 0.15) is 6.23 Å². The summed E-state index contributed by atoms with van der Waals surface area (Å²) < 4.78 is 18.1. The highest BCUT2D eigenvalue weighted by molar-refractivity contribution is 6.28. The van der Waals surface area contributed by atoms with E-state index in [1.807, 2.05) is 0 Å². The van der Waals surface area contributed by atoms with E-state index in [1.54, 1.807) is 11.6 Å². The quantitative estimate of drug-likeness (QED) is 0.631. The summed E-state index contributed by atoms with van der Waals surface area (Å²) in [7, 11) is 1.69. The normalized spacial score (nSPS) is 30.6. The number of fused-ring (bicyclic) bond motifs is 2. The first-order chi connectivity index (χ1) is 11.1. The summed E-state index contributed by atoms with van der Waals surface area (Å²) in [4.78, 5) is 12.4. The Kier molecular flexibility index (Phi) is 3.50. The average molecular weight is 343 g/mol. The van der Waals surface area contributed by atoms with Crippen molar-refractivity contribution in [2.75, 3.05) is 31.5 Å². The number of anilines is 2. The third-order valence-electron chi connectivity index (χ3n) is 3.95. The van der Waals surface area contributed by atoms with E-state index in [2.05, 4.69) is 20.3 Å². The molecule has 2 saturated heterocycles. The van der Waals surface area contributed by atoms with E-state index in [0.717, 1.165) is 0 Å². The summed E-state index contributed by atoms with van der Waals surface area (Å²) in [5, 5.41) is 13.5. The van der Waals surface area contributed by atoms with Gasteiger partial charge in [-0.15, -0.1) is 0 Å². The molecule has 23 heavy (non-hydrogen) atoms. The van der Waals surface area contributed by atoms with Crippen molar-refractivity contribution in [2.24, 2.45) is 0 Å². The highest BCUT2D eigenvalue weighted by Crippen LogP contribution is 2.37. The minimum absolute atomic E-state index is 0.0108. The van der Waals surface area contributed by atoms with Gasteiger partial charge in [-0.2, -0.15) is 9.97 Å². The molecule has 2 aliphatic heterocycles. The molecule has 124 valence electrons. The van der Waals surface area contributed by atoms with Crippen LogP contribution in [0.2, 0.25) is 5.28 Å². The molecule has 4 rings (SSSR count). The summed E-state index contributed by atoms with van der Waals surface area (Å²) in [5.41, 5.74) is 6.60. The number of halogens is 1. The van der Waals surface area contributed by atoms with Crippen molar-refractivity contribution in [3.05, 3.63) is 5.28 Å². The number of aromatic nitrogens is 4. The van der Waals surface area contributed by atoms with Gasteiger partial charge in [0.1, 0.15) is 25.1 Å². The lowest BCUT2D eigenvalue weighted by molar-refractivity contribution is -0.189. The fourth-order valence-corrected chi connectivity index (χ4v) is 3.12. The lowest BCUT2D eigenvalue weighted by atomic mass is 10.1. The molecule has 4 heterocycles. The van der Waals surface area contributed by atoms with Crippen molar-refractivity contribution < 1.29 is 19.3 Å². The van der Waals surface area contributed by atoms with Crippen LogP contribution >= 0.6 is 11.6 Å². The molecule has 0 radical (unpaired) electrons. The van der Waals surface area contributed by atoms with Gasteiger partial charge in [0, 0.05) is 7.05 Å². The molecule has 0 aromatic carbocycles. The molecular weight excluding hydrogens is 328 g/mol. The van der Waals surface area contributed by atoms with Crippen LogP contribution in [-0.2, 0) is 14.2 Å². The van der Waals surface area contributed by atoms with Gasteiger partial charge in [0.25, 0.3) is 0 Å². The molecule has 2 aromatic heterocycles. The average Bonchev–Trinajstić information content (AvgIpc) is 3.05. The number of imidazole rings is 1. The van der Waals surface area contributed by atoms with Crippen molar-refractivity contribution in [2.45, 2.75) is 24.5 Å². The zero-order valence-electron chi connectivity index (χ0n) is 12.1. The van der Waals surface area contributed by atoms with Crippen LogP contribution in [0.15, 0.2) is 0 Å². The number of aliphatic hydroxyl groups excluding tert-OH is 1. The number of nitrogens with one attached hydrogen (secondary N) is 1. The van der Waals surface area contributed by atoms with Gasteiger partial charge in [0.05, 0.1) is 6.61 Å². The Labute approximate surface area is 135 Å². The molecule has 4 atom stereocenters. The van der Waals surface area contributed by atoms with Gasteiger partial charge < -0.3 is 30.4 Å². The predicted octanol–water partition coefficient (Wildman–Crippen LogP) is -0.265. The molecular formula is C12H15ClN6O4. The zero-order chi connectivity index (χ0) is 16.1. The molecule has 2 aliphatic rings. The van der Waals surface area contributed by atoms with Crippen molar-refractivity contribution in [1.82, 2.24) is 19.5 Å². The van der Waals surface area contributed by atoms with Crippen LogP contribution in [0.4, 0.5) is 11.8 Å². The zero-order valence-corrected chi connectivity index (χ0v) is 12.9. The molecule has 2 unspecified atom stereocenters. The molecule has 2 aromatic rings. The summed E-state index contributed by atoms with van der Waals surface area (Å²) >= 11 is 5.90. The van der Waals surface area contributed by atoms with Gasteiger partial charge in [-0.1, -0.05) is 0 Å². The Hall–Kier alpha value is -1.72. The van der Waals surface area contributed by atoms with Gasteiger partial charge in [-0.05, 0) is 11.6 Å². The number of ether oxygens (including phenoxy) is 3. The van der Waals surface area contributed by atoms with E-state index < -0.39 is 18.4 Å². The number of hydrogen-bond donors (Lipinski definition) is 3. The van der Waals surface area contributed by atoms with E-state index in [-0.39, 0.29) is 24.0 Å². The van der Waals surface area contributed by atoms with Crippen molar-refractivity contribution >= 4 is 34.5 Å². The second-order valence-electron chi connectivity index (χ2n) is 5.28. The predicted molar refractivity (Wildman–Crippen MR) is 79.9 cm³/mol. The monoisotopic (exact) mass is 342 g/mol. The van der Waals surface area contributed by atoms with Gasteiger partial charge in [0.2, 0.25) is 11.2 Å². The van der Waals surface area contributed by atoms with Gasteiger partial charge >= 0.3 is 0 Å². The number of nitrogens with two attached hydrogens (primary N) is 1. The van der Waals surface area contributed by atoms with Crippen LogP contribution in [0, 0.1) is 0 Å². The number of rotatable bonds is 2. The smallest absolute Gasteiger partial charge is 0.226 e. The summed E-state index contributed by atoms with van der Waals surface area (Å²) in [6.45, 7) is 0.469. The summed E-state index contributed by atoms with van der Waals surface area (Å²) in [6, 6.07) is 0. The van der Waals surface area contributed by atoms with Crippen LogP contribution in [0.25, 0.3) is 11.2 Å². The van der Waals surface area contributed by atoms with E-state index in [9.17, 15) is 5.11 Å². The summed E-state index contributed by atoms with van der Waals surface area (Å²) in [5.74, 6) is 0.576. The van der Waals surface area contributed by atoms with Crippen LogP contribution in [0.5, 0.6) is 0 Å². The van der Waals surface area contributed by atoms with E-state index in [4.69, 9.17) is 31.5 Å². The Morgan fingerprint density at radius 2 is 2.22 bits per heavy atom. The molecule has 0 amide bonds. The van der Waals surface area contributed by atoms with Gasteiger partial charge in [-0.25, -0.2) is 4.98 Å². The first-order valence-corrected chi connectivity index (χ1v) is 7.39. The van der Waals surface area contributed by atoms with E-state index in [1.165, 1.54) is 0 Å². The third kappa shape index (κ3) is 2.22. The second-order valence-corrected chi connectivity index (χ2v) is 5.62. The standard InChI is InChI=1S/C12H15ClN6O4/c1-15-12-16-5-8(14)17-11(13)18-9(5)19(12)10-6(20)7-4(23-10)2-21-3-22-7/h4,6-7,10,20H,2-3H2,1H3,(H,15,16)(H2,14,17,18)/t4-,6?,7?,10-/m1/s1. The molecule has 0 bridgehead atoms. The highest BCUT2D eigenvalue weighted by Gasteiger charge is 2.48.